The molecular weight excluding hydrogens is 350 g/mol. The Hall–Kier alpha value is -2.92. The number of aryl methyl sites for hydroxylation is 1. The summed E-state index contributed by atoms with van der Waals surface area (Å²) in [5.41, 5.74) is 3.14. The van der Waals surface area contributed by atoms with E-state index in [2.05, 4.69) is 34.3 Å². The molecule has 5 nitrogen and oxygen atoms in total. The van der Waals surface area contributed by atoms with Gasteiger partial charge in [-0.1, -0.05) is 48.5 Å². The van der Waals surface area contributed by atoms with Crippen molar-refractivity contribution in [2.24, 2.45) is 0 Å². The van der Waals surface area contributed by atoms with Crippen molar-refractivity contribution in [2.75, 3.05) is 26.2 Å². The summed E-state index contributed by atoms with van der Waals surface area (Å²) >= 11 is 0. The number of carbonyl (C=O) groups is 1. The van der Waals surface area contributed by atoms with Crippen LogP contribution in [0.1, 0.15) is 18.4 Å². The molecule has 1 aliphatic rings. The van der Waals surface area contributed by atoms with Crippen LogP contribution in [0, 0.1) is 6.92 Å². The number of aromatic nitrogens is 1. The Kier molecular flexibility index (Phi) is 5.53. The number of likely N-dealkylation sites (tertiary alicyclic amines) is 1. The number of rotatable bonds is 5. The molecule has 1 N–H and O–H groups in total. The molecule has 1 saturated heterocycles. The molecule has 3 aromatic rings. The molecule has 0 aliphatic carbocycles. The van der Waals surface area contributed by atoms with E-state index in [9.17, 15) is 4.79 Å². The number of amides is 1. The van der Waals surface area contributed by atoms with Gasteiger partial charge in [-0.05, 0) is 38.4 Å². The molecular formula is C23H25N3O2. The molecule has 4 rings (SSSR count). The number of nitrogens with zero attached hydrogens (tertiary/aromatic N) is 2. The van der Waals surface area contributed by atoms with Crippen LogP contribution < -0.4 is 10.1 Å². The maximum Gasteiger partial charge on any atom is 0.412 e. The molecule has 0 bridgehead atoms. The second kappa shape index (κ2) is 8.40. The molecule has 28 heavy (non-hydrogen) atoms. The van der Waals surface area contributed by atoms with E-state index in [0.717, 1.165) is 47.2 Å². The minimum atomic E-state index is -0.435. The number of pyridine rings is 1. The van der Waals surface area contributed by atoms with Gasteiger partial charge in [0.1, 0.15) is 0 Å². The summed E-state index contributed by atoms with van der Waals surface area (Å²) in [4.78, 5) is 19.2. The lowest BCUT2D eigenvalue weighted by Gasteiger charge is -2.15. The second-order valence-electron chi connectivity index (χ2n) is 7.20. The monoisotopic (exact) mass is 375 g/mol. The van der Waals surface area contributed by atoms with Gasteiger partial charge in [-0.2, -0.15) is 0 Å². The maximum absolute atomic E-state index is 12.3. The highest BCUT2D eigenvalue weighted by Gasteiger charge is 2.15. The van der Waals surface area contributed by atoms with Gasteiger partial charge < -0.3 is 15.0 Å². The van der Waals surface area contributed by atoms with Gasteiger partial charge in [0.05, 0.1) is 11.9 Å². The quantitative estimate of drug-likeness (QED) is 0.718. The van der Waals surface area contributed by atoms with Crippen molar-refractivity contribution < 1.29 is 9.53 Å². The van der Waals surface area contributed by atoms with Crippen molar-refractivity contribution in [3.63, 3.8) is 0 Å². The fraction of sp³-hybridized carbons (Fsp3) is 0.304. The van der Waals surface area contributed by atoms with Gasteiger partial charge in [0, 0.05) is 29.4 Å². The average molecular weight is 375 g/mol. The SMILES string of the molecule is Cc1ccccc1-c1ncc(OC(=O)NCCN2CCCC2)c2ccccc12. The van der Waals surface area contributed by atoms with Crippen LogP contribution in [0.15, 0.2) is 54.7 Å². The first-order valence-corrected chi connectivity index (χ1v) is 9.84. The van der Waals surface area contributed by atoms with Crippen LogP contribution in [0.25, 0.3) is 22.0 Å². The second-order valence-corrected chi connectivity index (χ2v) is 7.20. The number of carbonyl (C=O) groups excluding carboxylic acids is 1. The lowest BCUT2D eigenvalue weighted by atomic mass is 10.00. The third kappa shape index (κ3) is 3.99. The van der Waals surface area contributed by atoms with E-state index in [1.165, 1.54) is 12.8 Å². The predicted molar refractivity (Wildman–Crippen MR) is 112 cm³/mol. The van der Waals surface area contributed by atoms with Crippen molar-refractivity contribution in [1.82, 2.24) is 15.2 Å². The molecule has 0 saturated carbocycles. The normalized spacial score (nSPS) is 14.3. The summed E-state index contributed by atoms with van der Waals surface area (Å²) in [5, 5.41) is 4.70. The highest BCUT2D eigenvalue weighted by atomic mass is 16.6. The minimum Gasteiger partial charge on any atom is -0.408 e. The van der Waals surface area contributed by atoms with Crippen LogP contribution in [-0.4, -0.2) is 42.2 Å². The molecule has 5 heteroatoms. The number of nitrogens with one attached hydrogen (secondary N) is 1. The lowest BCUT2D eigenvalue weighted by Crippen LogP contribution is -2.35. The molecule has 1 amide bonds. The predicted octanol–water partition coefficient (Wildman–Crippen LogP) is 4.39. The van der Waals surface area contributed by atoms with E-state index in [1.54, 1.807) is 6.20 Å². The van der Waals surface area contributed by atoms with Crippen molar-refractivity contribution >= 4 is 16.9 Å². The molecule has 2 heterocycles. The van der Waals surface area contributed by atoms with Crippen molar-refractivity contribution in [3.05, 3.63) is 60.3 Å². The van der Waals surface area contributed by atoms with Gasteiger partial charge in [-0.3, -0.25) is 4.98 Å². The summed E-state index contributed by atoms with van der Waals surface area (Å²) < 4.78 is 5.58. The first-order chi connectivity index (χ1) is 13.7. The lowest BCUT2D eigenvalue weighted by molar-refractivity contribution is 0.199. The van der Waals surface area contributed by atoms with Crippen LogP contribution in [0.5, 0.6) is 5.75 Å². The summed E-state index contributed by atoms with van der Waals surface area (Å²) in [6, 6.07) is 16.1. The number of hydrogen-bond donors (Lipinski definition) is 1. The van der Waals surface area contributed by atoms with Gasteiger partial charge in [0.15, 0.2) is 5.75 Å². The first kappa shape index (κ1) is 18.4. The first-order valence-electron chi connectivity index (χ1n) is 9.84. The Bertz CT molecular complexity index is 980. The van der Waals surface area contributed by atoms with E-state index in [-0.39, 0.29) is 0 Å². The Morgan fingerprint density at radius 2 is 1.79 bits per heavy atom. The standard InChI is InChI=1S/C23H25N3O2/c1-17-8-2-3-9-18(17)22-20-11-5-4-10-19(20)21(16-25-22)28-23(27)24-12-15-26-13-6-7-14-26/h2-5,8-11,16H,6-7,12-15H2,1H3,(H,24,27). The van der Waals surface area contributed by atoms with E-state index in [1.807, 2.05) is 36.4 Å². The van der Waals surface area contributed by atoms with E-state index < -0.39 is 6.09 Å². The van der Waals surface area contributed by atoms with Crippen LogP contribution in [0.3, 0.4) is 0 Å². The van der Waals surface area contributed by atoms with E-state index in [0.29, 0.717) is 12.3 Å². The van der Waals surface area contributed by atoms with Gasteiger partial charge in [-0.15, -0.1) is 0 Å². The van der Waals surface area contributed by atoms with Crippen LogP contribution in [0.4, 0.5) is 4.79 Å². The summed E-state index contributed by atoms with van der Waals surface area (Å²) in [6.07, 6.45) is 3.70. The molecule has 0 atom stereocenters. The molecule has 0 unspecified atom stereocenters. The molecule has 2 aromatic carbocycles. The fourth-order valence-electron chi connectivity index (χ4n) is 3.76. The van der Waals surface area contributed by atoms with E-state index in [4.69, 9.17) is 4.74 Å². The highest BCUT2D eigenvalue weighted by molar-refractivity contribution is 5.99. The number of benzene rings is 2. The van der Waals surface area contributed by atoms with Crippen molar-refractivity contribution in [2.45, 2.75) is 19.8 Å². The third-order valence-corrected chi connectivity index (χ3v) is 5.26. The molecule has 0 spiro atoms. The summed E-state index contributed by atoms with van der Waals surface area (Å²) in [7, 11) is 0. The highest BCUT2D eigenvalue weighted by Crippen LogP contribution is 2.33. The molecule has 1 aromatic heterocycles. The topological polar surface area (TPSA) is 54.5 Å². The minimum absolute atomic E-state index is 0.435. The smallest absolute Gasteiger partial charge is 0.408 e. The fourth-order valence-corrected chi connectivity index (χ4v) is 3.76. The van der Waals surface area contributed by atoms with Gasteiger partial charge in [0.25, 0.3) is 0 Å². The van der Waals surface area contributed by atoms with E-state index >= 15 is 0 Å². The van der Waals surface area contributed by atoms with Crippen molar-refractivity contribution in [1.29, 1.82) is 0 Å². The Morgan fingerprint density at radius 3 is 2.57 bits per heavy atom. The Labute approximate surface area is 165 Å². The largest absolute Gasteiger partial charge is 0.412 e. The third-order valence-electron chi connectivity index (χ3n) is 5.26. The summed E-state index contributed by atoms with van der Waals surface area (Å²) in [5.74, 6) is 0.478. The van der Waals surface area contributed by atoms with Gasteiger partial charge in [0.2, 0.25) is 0 Å². The Morgan fingerprint density at radius 1 is 1.07 bits per heavy atom. The molecule has 1 fully saturated rings. The van der Waals surface area contributed by atoms with Crippen LogP contribution in [-0.2, 0) is 0 Å². The molecule has 0 radical (unpaired) electrons. The average Bonchev–Trinajstić information content (AvgIpc) is 3.22. The zero-order valence-corrected chi connectivity index (χ0v) is 16.1. The molecule has 144 valence electrons. The summed E-state index contributed by atoms with van der Waals surface area (Å²) in [6.45, 7) is 5.76. The van der Waals surface area contributed by atoms with Gasteiger partial charge in [-0.25, -0.2) is 4.79 Å². The Balaban J connectivity index is 1.53. The van der Waals surface area contributed by atoms with Crippen molar-refractivity contribution in [3.8, 4) is 17.0 Å². The maximum atomic E-state index is 12.3. The zero-order valence-electron chi connectivity index (χ0n) is 16.1. The van der Waals surface area contributed by atoms with Crippen LogP contribution in [0.2, 0.25) is 0 Å². The van der Waals surface area contributed by atoms with Crippen LogP contribution >= 0.6 is 0 Å². The number of hydrogen-bond acceptors (Lipinski definition) is 4. The van der Waals surface area contributed by atoms with Gasteiger partial charge >= 0.3 is 6.09 Å². The number of fused-ring (bicyclic) bond motifs is 1. The zero-order chi connectivity index (χ0) is 19.3. The number of ether oxygens (including phenoxy) is 1. The molecule has 1 aliphatic heterocycles.